The van der Waals surface area contributed by atoms with Gasteiger partial charge in [0, 0.05) is 23.3 Å². The van der Waals surface area contributed by atoms with E-state index >= 15 is 0 Å². The van der Waals surface area contributed by atoms with E-state index in [1.54, 1.807) is 0 Å². The van der Waals surface area contributed by atoms with Crippen LogP contribution >= 0.6 is 11.6 Å². The first-order chi connectivity index (χ1) is 9.15. The van der Waals surface area contributed by atoms with Crippen molar-refractivity contribution in [3.8, 4) is 0 Å². The van der Waals surface area contributed by atoms with E-state index in [0.29, 0.717) is 0 Å². The van der Waals surface area contributed by atoms with Crippen molar-refractivity contribution < 1.29 is 0 Å². The van der Waals surface area contributed by atoms with Crippen molar-refractivity contribution in [2.24, 2.45) is 0 Å². The van der Waals surface area contributed by atoms with E-state index in [4.69, 9.17) is 11.6 Å². The van der Waals surface area contributed by atoms with Gasteiger partial charge in [-0.1, -0.05) is 30.7 Å². The van der Waals surface area contributed by atoms with Crippen molar-refractivity contribution in [2.45, 2.75) is 33.4 Å². The lowest BCUT2D eigenvalue weighted by atomic mass is 10.0. The minimum atomic E-state index is 0.142. The molecule has 1 atom stereocenters. The van der Waals surface area contributed by atoms with Crippen LogP contribution in [0.2, 0.25) is 5.02 Å². The van der Waals surface area contributed by atoms with Crippen molar-refractivity contribution in [1.82, 2.24) is 15.1 Å². The Morgan fingerprint density at radius 2 is 2.11 bits per heavy atom. The number of aromatic nitrogens is 2. The molecule has 102 valence electrons. The van der Waals surface area contributed by atoms with Gasteiger partial charge in [0.2, 0.25) is 0 Å². The smallest absolute Gasteiger partial charge is 0.0608 e. The first-order valence-electron chi connectivity index (χ1n) is 6.67. The predicted molar refractivity (Wildman–Crippen MR) is 79.6 cm³/mol. The van der Waals surface area contributed by atoms with Gasteiger partial charge in [-0.2, -0.15) is 5.10 Å². The van der Waals surface area contributed by atoms with Crippen LogP contribution in [0.15, 0.2) is 30.6 Å². The van der Waals surface area contributed by atoms with Crippen LogP contribution in [0.4, 0.5) is 0 Å². The molecule has 4 heteroatoms. The quantitative estimate of drug-likeness (QED) is 0.906. The van der Waals surface area contributed by atoms with E-state index in [0.717, 1.165) is 23.7 Å². The van der Waals surface area contributed by atoms with Gasteiger partial charge in [-0.25, -0.2) is 0 Å². The van der Waals surface area contributed by atoms with Crippen molar-refractivity contribution >= 4 is 11.6 Å². The van der Waals surface area contributed by atoms with Crippen LogP contribution in [-0.2, 0) is 6.54 Å². The molecule has 0 radical (unpaired) electrons. The number of halogens is 1. The normalized spacial score (nSPS) is 12.6. The highest BCUT2D eigenvalue weighted by atomic mass is 35.5. The summed E-state index contributed by atoms with van der Waals surface area (Å²) in [5, 5.41) is 8.64. The average molecular weight is 278 g/mol. The average Bonchev–Trinajstić information content (AvgIpc) is 2.88. The van der Waals surface area contributed by atoms with Gasteiger partial charge in [0.25, 0.3) is 0 Å². The number of hydrogen-bond acceptors (Lipinski definition) is 2. The molecular weight excluding hydrogens is 258 g/mol. The number of nitrogens with one attached hydrogen (secondary N) is 1. The summed E-state index contributed by atoms with van der Waals surface area (Å²) in [5.41, 5.74) is 3.45. The lowest BCUT2D eigenvalue weighted by Gasteiger charge is -2.17. The minimum absolute atomic E-state index is 0.142. The van der Waals surface area contributed by atoms with Gasteiger partial charge >= 0.3 is 0 Å². The van der Waals surface area contributed by atoms with Crippen molar-refractivity contribution in [1.29, 1.82) is 0 Å². The molecule has 1 aromatic heterocycles. The van der Waals surface area contributed by atoms with E-state index in [2.05, 4.69) is 42.6 Å². The Morgan fingerprint density at radius 3 is 2.68 bits per heavy atom. The Balaban J connectivity index is 2.35. The highest BCUT2D eigenvalue weighted by molar-refractivity contribution is 6.31. The molecule has 3 nitrogen and oxygen atoms in total. The second kappa shape index (κ2) is 6.22. The van der Waals surface area contributed by atoms with Crippen LogP contribution in [0.5, 0.6) is 0 Å². The van der Waals surface area contributed by atoms with Gasteiger partial charge in [0.1, 0.15) is 0 Å². The van der Waals surface area contributed by atoms with E-state index in [-0.39, 0.29) is 6.04 Å². The lowest BCUT2D eigenvalue weighted by Crippen LogP contribution is -2.21. The molecule has 19 heavy (non-hydrogen) atoms. The number of hydrogen-bond donors (Lipinski definition) is 1. The van der Waals surface area contributed by atoms with Gasteiger partial charge in [-0.15, -0.1) is 0 Å². The highest BCUT2D eigenvalue weighted by Gasteiger charge is 2.15. The number of rotatable bonds is 5. The molecule has 0 saturated carbocycles. The maximum Gasteiger partial charge on any atom is 0.0608 e. The molecule has 0 aliphatic heterocycles. The molecule has 0 spiro atoms. The van der Waals surface area contributed by atoms with Crippen LogP contribution in [0.25, 0.3) is 0 Å². The van der Waals surface area contributed by atoms with Crippen LogP contribution in [0.3, 0.4) is 0 Å². The molecule has 0 aliphatic rings. The van der Waals surface area contributed by atoms with Crippen molar-refractivity contribution in [2.75, 3.05) is 6.54 Å². The third-order valence-corrected chi connectivity index (χ3v) is 3.66. The van der Waals surface area contributed by atoms with Crippen LogP contribution < -0.4 is 5.32 Å². The van der Waals surface area contributed by atoms with Crippen molar-refractivity contribution in [3.63, 3.8) is 0 Å². The number of aryl methyl sites for hydroxylation is 2. The summed E-state index contributed by atoms with van der Waals surface area (Å²) >= 11 is 6.23. The van der Waals surface area contributed by atoms with Crippen LogP contribution in [-0.4, -0.2) is 16.3 Å². The second-order valence-corrected chi connectivity index (χ2v) is 5.04. The zero-order valence-corrected chi connectivity index (χ0v) is 12.4. The molecule has 0 saturated heterocycles. The molecule has 1 aromatic carbocycles. The van der Waals surface area contributed by atoms with E-state index < -0.39 is 0 Å². The summed E-state index contributed by atoms with van der Waals surface area (Å²) in [4.78, 5) is 0. The van der Waals surface area contributed by atoms with E-state index in [1.165, 1.54) is 11.1 Å². The fraction of sp³-hybridized carbons (Fsp3) is 0.400. The molecule has 1 N–H and O–H groups in total. The van der Waals surface area contributed by atoms with Gasteiger partial charge in [0.15, 0.2) is 0 Å². The van der Waals surface area contributed by atoms with Gasteiger partial charge in [-0.3, -0.25) is 4.68 Å². The lowest BCUT2D eigenvalue weighted by molar-refractivity contribution is 0.625. The molecule has 2 aromatic rings. The maximum atomic E-state index is 6.23. The standard InChI is InChI=1S/C15H20ClN3/c1-4-17-15(13-9-18-19(5-2)10-13)12-7-6-11(3)14(16)8-12/h6-10,15,17H,4-5H2,1-3H3. The van der Waals surface area contributed by atoms with E-state index in [1.807, 2.05) is 23.9 Å². The van der Waals surface area contributed by atoms with Gasteiger partial charge < -0.3 is 5.32 Å². The largest absolute Gasteiger partial charge is 0.306 e. The molecule has 0 amide bonds. The predicted octanol–water partition coefficient (Wildman–Crippen LogP) is 3.56. The zero-order chi connectivity index (χ0) is 13.8. The maximum absolute atomic E-state index is 6.23. The Morgan fingerprint density at radius 1 is 1.32 bits per heavy atom. The zero-order valence-electron chi connectivity index (χ0n) is 11.7. The molecule has 1 unspecified atom stereocenters. The molecule has 2 rings (SSSR count). The Bertz CT molecular complexity index is 548. The summed E-state index contributed by atoms with van der Waals surface area (Å²) in [5.74, 6) is 0. The Kier molecular flexibility index (Phi) is 4.61. The SMILES string of the molecule is CCNC(c1ccc(C)c(Cl)c1)c1cnn(CC)c1. The first kappa shape index (κ1) is 14.1. The first-order valence-corrected chi connectivity index (χ1v) is 7.05. The van der Waals surface area contributed by atoms with Gasteiger partial charge in [-0.05, 0) is 37.6 Å². The second-order valence-electron chi connectivity index (χ2n) is 4.63. The van der Waals surface area contributed by atoms with E-state index in [9.17, 15) is 0 Å². The third kappa shape index (κ3) is 3.17. The van der Waals surface area contributed by atoms with Crippen molar-refractivity contribution in [3.05, 3.63) is 52.3 Å². The summed E-state index contributed by atoms with van der Waals surface area (Å²) < 4.78 is 1.94. The summed E-state index contributed by atoms with van der Waals surface area (Å²) in [6.45, 7) is 7.99. The fourth-order valence-corrected chi connectivity index (χ4v) is 2.31. The fourth-order valence-electron chi connectivity index (χ4n) is 2.12. The summed E-state index contributed by atoms with van der Waals surface area (Å²) in [6.07, 6.45) is 4.01. The molecule has 0 bridgehead atoms. The summed E-state index contributed by atoms with van der Waals surface area (Å²) in [7, 11) is 0. The number of benzene rings is 1. The number of nitrogens with zero attached hydrogens (tertiary/aromatic N) is 2. The topological polar surface area (TPSA) is 29.9 Å². The molecule has 0 fully saturated rings. The van der Waals surface area contributed by atoms with Gasteiger partial charge in [0.05, 0.1) is 12.2 Å². The highest BCUT2D eigenvalue weighted by Crippen LogP contribution is 2.26. The van der Waals surface area contributed by atoms with Crippen LogP contribution in [0.1, 0.15) is 36.6 Å². The molecule has 0 aliphatic carbocycles. The Hall–Kier alpha value is -1.32. The summed E-state index contributed by atoms with van der Waals surface area (Å²) in [6, 6.07) is 6.36. The monoisotopic (exact) mass is 277 g/mol. The minimum Gasteiger partial charge on any atom is -0.306 e. The third-order valence-electron chi connectivity index (χ3n) is 3.25. The Labute approximate surface area is 119 Å². The van der Waals surface area contributed by atoms with Crippen LogP contribution in [0, 0.1) is 6.92 Å². The molecule has 1 heterocycles. The molecular formula is C15H20ClN3.